The number of thiophene rings is 1. The number of rotatable bonds is 4. The first kappa shape index (κ1) is 13.0. The fourth-order valence-electron chi connectivity index (χ4n) is 2.56. The Balaban J connectivity index is 1.85. The molecule has 2 aromatic heterocycles. The van der Waals surface area contributed by atoms with Crippen LogP contribution in [0.3, 0.4) is 0 Å². The van der Waals surface area contributed by atoms with Gasteiger partial charge in [0.05, 0.1) is 5.39 Å². The molecule has 2 N–H and O–H groups in total. The summed E-state index contributed by atoms with van der Waals surface area (Å²) in [6.45, 7) is 0. The van der Waals surface area contributed by atoms with Crippen LogP contribution in [0.4, 0.5) is 11.8 Å². The second-order valence-electron chi connectivity index (χ2n) is 4.80. The molecule has 2 heterocycles. The third-order valence-electron chi connectivity index (χ3n) is 3.61. The molecular formula is C13H18N4S2. The monoisotopic (exact) mass is 294 g/mol. The van der Waals surface area contributed by atoms with Gasteiger partial charge in [-0.3, -0.25) is 0 Å². The van der Waals surface area contributed by atoms with Crippen LogP contribution in [0.5, 0.6) is 0 Å². The Morgan fingerprint density at radius 2 is 2.26 bits per heavy atom. The van der Waals surface area contributed by atoms with Crippen LogP contribution in [0.25, 0.3) is 10.2 Å². The van der Waals surface area contributed by atoms with Crippen molar-refractivity contribution in [1.82, 2.24) is 9.97 Å². The molecule has 4 nitrogen and oxygen atoms in total. The number of anilines is 2. The predicted octanol–water partition coefficient (Wildman–Crippen LogP) is 3.43. The van der Waals surface area contributed by atoms with Crippen LogP contribution >= 0.6 is 23.1 Å². The molecule has 0 bridgehead atoms. The molecule has 3 rings (SSSR count). The number of hydrogen-bond acceptors (Lipinski definition) is 6. The maximum absolute atomic E-state index is 4.57. The standard InChI is InChI=1S/C13H18N4S2/c1-14-13-16-11(10-5-6-19-12(10)17-13)15-8-3-4-9(7-8)18-2/h5-6,8-9H,3-4,7H2,1-2H3,(H2,14,15,16,17). The number of nitrogens with zero attached hydrogens (tertiary/aromatic N) is 2. The average molecular weight is 294 g/mol. The van der Waals surface area contributed by atoms with Gasteiger partial charge < -0.3 is 10.6 Å². The highest BCUT2D eigenvalue weighted by atomic mass is 32.2. The maximum atomic E-state index is 4.57. The molecular weight excluding hydrogens is 276 g/mol. The van der Waals surface area contributed by atoms with Crippen molar-refractivity contribution in [2.75, 3.05) is 23.9 Å². The van der Waals surface area contributed by atoms with Gasteiger partial charge in [0.1, 0.15) is 10.6 Å². The van der Waals surface area contributed by atoms with Crippen LogP contribution in [-0.2, 0) is 0 Å². The molecule has 19 heavy (non-hydrogen) atoms. The highest BCUT2D eigenvalue weighted by Crippen LogP contribution is 2.32. The highest BCUT2D eigenvalue weighted by molar-refractivity contribution is 7.99. The van der Waals surface area contributed by atoms with E-state index in [1.807, 2.05) is 18.8 Å². The van der Waals surface area contributed by atoms with E-state index in [9.17, 15) is 0 Å². The average Bonchev–Trinajstić information content (AvgIpc) is 3.06. The first-order chi connectivity index (χ1) is 9.30. The van der Waals surface area contributed by atoms with Crippen molar-refractivity contribution in [3.05, 3.63) is 11.4 Å². The van der Waals surface area contributed by atoms with Crippen LogP contribution < -0.4 is 10.6 Å². The zero-order valence-corrected chi connectivity index (χ0v) is 12.8. The fourth-order valence-corrected chi connectivity index (χ4v) is 4.12. The zero-order chi connectivity index (χ0) is 13.2. The van der Waals surface area contributed by atoms with Gasteiger partial charge in [-0.25, -0.2) is 4.98 Å². The van der Waals surface area contributed by atoms with Gasteiger partial charge in [-0.05, 0) is 37.0 Å². The first-order valence-electron chi connectivity index (χ1n) is 6.52. The summed E-state index contributed by atoms with van der Waals surface area (Å²) in [5.74, 6) is 1.67. The minimum absolute atomic E-state index is 0.542. The molecule has 1 saturated carbocycles. The van der Waals surface area contributed by atoms with Crippen LogP contribution in [0.1, 0.15) is 19.3 Å². The fraction of sp³-hybridized carbons (Fsp3) is 0.538. The van der Waals surface area contributed by atoms with Crippen LogP contribution in [-0.4, -0.2) is 34.6 Å². The van der Waals surface area contributed by atoms with E-state index < -0.39 is 0 Å². The van der Waals surface area contributed by atoms with Gasteiger partial charge in [0, 0.05) is 18.3 Å². The van der Waals surface area contributed by atoms with E-state index in [2.05, 4.69) is 38.3 Å². The summed E-state index contributed by atoms with van der Waals surface area (Å²) in [5.41, 5.74) is 0. The Bertz CT molecular complexity index is 569. The topological polar surface area (TPSA) is 49.8 Å². The lowest BCUT2D eigenvalue weighted by Gasteiger charge is -2.15. The third kappa shape index (κ3) is 2.65. The lowest BCUT2D eigenvalue weighted by atomic mass is 10.2. The molecule has 1 aliphatic rings. The molecule has 0 radical (unpaired) electrons. The molecule has 0 saturated heterocycles. The maximum Gasteiger partial charge on any atom is 0.225 e. The number of nitrogens with one attached hydrogen (secondary N) is 2. The predicted molar refractivity (Wildman–Crippen MR) is 85.5 cm³/mol. The Kier molecular flexibility index (Phi) is 3.79. The first-order valence-corrected chi connectivity index (χ1v) is 8.69. The Hall–Kier alpha value is -1.01. The second-order valence-corrected chi connectivity index (χ2v) is 6.83. The van der Waals surface area contributed by atoms with E-state index in [0.717, 1.165) is 21.3 Å². The molecule has 2 atom stereocenters. The van der Waals surface area contributed by atoms with Gasteiger partial charge in [-0.15, -0.1) is 11.3 Å². The summed E-state index contributed by atoms with van der Waals surface area (Å²) in [6.07, 6.45) is 5.96. The SMILES string of the molecule is CNc1nc(NC2CCC(SC)C2)c2ccsc2n1. The van der Waals surface area contributed by atoms with E-state index in [1.165, 1.54) is 19.3 Å². The Morgan fingerprint density at radius 3 is 3.00 bits per heavy atom. The van der Waals surface area contributed by atoms with Crippen LogP contribution in [0.15, 0.2) is 11.4 Å². The highest BCUT2D eigenvalue weighted by Gasteiger charge is 2.24. The number of aromatic nitrogens is 2. The number of hydrogen-bond donors (Lipinski definition) is 2. The van der Waals surface area contributed by atoms with Crippen molar-refractivity contribution in [2.45, 2.75) is 30.6 Å². The molecule has 0 aromatic carbocycles. The van der Waals surface area contributed by atoms with Gasteiger partial charge >= 0.3 is 0 Å². The van der Waals surface area contributed by atoms with Gasteiger partial charge in [0.2, 0.25) is 5.95 Å². The van der Waals surface area contributed by atoms with Crippen molar-refractivity contribution in [3.63, 3.8) is 0 Å². The summed E-state index contributed by atoms with van der Waals surface area (Å²) in [7, 11) is 1.86. The smallest absolute Gasteiger partial charge is 0.225 e. The van der Waals surface area contributed by atoms with E-state index >= 15 is 0 Å². The summed E-state index contributed by atoms with van der Waals surface area (Å²) in [4.78, 5) is 10.1. The van der Waals surface area contributed by atoms with E-state index in [-0.39, 0.29) is 0 Å². The van der Waals surface area contributed by atoms with Crippen LogP contribution in [0, 0.1) is 0 Å². The third-order valence-corrected chi connectivity index (χ3v) is 5.51. The van der Waals surface area contributed by atoms with Crippen molar-refractivity contribution >= 4 is 45.1 Å². The van der Waals surface area contributed by atoms with Crippen molar-refractivity contribution in [1.29, 1.82) is 0 Å². The van der Waals surface area contributed by atoms with Crippen molar-refractivity contribution in [2.24, 2.45) is 0 Å². The lowest BCUT2D eigenvalue weighted by molar-refractivity contribution is 0.753. The molecule has 2 aromatic rings. The normalized spacial score (nSPS) is 22.8. The molecule has 0 spiro atoms. The van der Waals surface area contributed by atoms with Gasteiger partial charge in [-0.1, -0.05) is 0 Å². The number of thioether (sulfide) groups is 1. The summed E-state index contributed by atoms with van der Waals surface area (Å²) in [6, 6.07) is 2.64. The minimum atomic E-state index is 0.542. The lowest BCUT2D eigenvalue weighted by Crippen LogP contribution is -2.17. The van der Waals surface area contributed by atoms with Gasteiger partial charge in [-0.2, -0.15) is 16.7 Å². The van der Waals surface area contributed by atoms with Crippen molar-refractivity contribution in [3.8, 4) is 0 Å². The van der Waals surface area contributed by atoms with Gasteiger partial charge in [0.25, 0.3) is 0 Å². The summed E-state index contributed by atoms with van der Waals surface area (Å²) >= 11 is 3.64. The molecule has 2 unspecified atom stereocenters. The Morgan fingerprint density at radius 1 is 1.37 bits per heavy atom. The van der Waals surface area contributed by atoms with Gasteiger partial charge in [0.15, 0.2) is 0 Å². The zero-order valence-electron chi connectivity index (χ0n) is 11.1. The number of fused-ring (bicyclic) bond motifs is 1. The molecule has 0 amide bonds. The van der Waals surface area contributed by atoms with Crippen LogP contribution in [0.2, 0.25) is 0 Å². The Labute approximate surface area is 121 Å². The van der Waals surface area contributed by atoms with E-state index in [4.69, 9.17) is 0 Å². The molecule has 1 fully saturated rings. The minimum Gasteiger partial charge on any atom is -0.367 e. The van der Waals surface area contributed by atoms with E-state index in [1.54, 1.807) is 11.3 Å². The molecule has 0 aliphatic heterocycles. The quantitative estimate of drug-likeness (QED) is 0.905. The molecule has 6 heteroatoms. The second kappa shape index (κ2) is 5.54. The summed E-state index contributed by atoms with van der Waals surface area (Å²) < 4.78 is 0. The summed E-state index contributed by atoms with van der Waals surface area (Å²) in [5, 5.41) is 10.6. The molecule has 1 aliphatic carbocycles. The molecule has 102 valence electrons. The van der Waals surface area contributed by atoms with E-state index in [0.29, 0.717) is 12.0 Å². The largest absolute Gasteiger partial charge is 0.367 e. The van der Waals surface area contributed by atoms with Crippen molar-refractivity contribution < 1.29 is 0 Å².